The third-order valence-corrected chi connectivity index (χ3v) is 4.26. The van der Waals surface area contributed by atoms with Gasteiger partial charge in [-0.25, -0.2) is 5.01 Å². The van der Waals surface area contributed by atoms with Gasteiger partial charge in [-0.05, 0) is 25.0 Å². The molecule has 0 radical (unpaired) electrons. The van der Waals surface area contributed by atoms with Crippen LogP contribution in [0.2, 0.25) is 0 Å². The average molecular weight is 338 g/mol. The molecule has 2 heterocycles. The smallest absolute Gasteiger partial charge is 0.259 e. The largest absolute Gasteiger partial charge is 0.494 e. The lowest BCUT2D eigenvalue weighted by atomic mass is 10.1. The van der Waals surface area contributed by atoms with Crippen molar-refractivity contribution < 1.29 is 5.11 Å². The Hall–Kier alpha value is -2.89. The molecule has 1 aromatic heterocycles. The number of pyridine rings is 1. The number of anilines is 1. The molecule has 3 rings (SSSR count). The standard InChI is InChI=1S/C19H22N4O2/c1-2-3-4-5-9-12-14-16-15(19(25)21-18(14)24)17(20)23(22-16)13-10-7-6-8-11-13/h6-8,10-12,20,25H,2-5,9H2,1H3,(H,21,24)/b14-12+,20-17?. The molecule has 0 atom stereocenters. The average Bonchev–Trinajstić information content (AvgIpc) is 2.96. The summed E-state index contributed by atoms with van der Waals surface area (Å²) < 4.78 is 0. The molecular formula is C19H22N4O2. The zero-order valence-electron chi connectivity index (χ0n) is 14.2. The van der Waals surface area contributed by atoms with Gasteiger partial charge in [-0.1, -0.05) is 50.5 Å². The predicted octanol–water partition coefficient (Wildman–Crippen LogP) is 2.21. The third-order valence-electron chi connectivity index (χ3n) is 4.26. The molecule has 6 nitrogen and oxygen atoms in total. The van der Waals surface area contributed by atoms with E-state index >= 15 is 0 Å². The summed E-state index contributed by atoms with van der Waals surface area (Å²) in [5.41, 5.74) is 0.603. The van der Waals surface area contributed by atoms with Gasteiger partial charge in [0, 0.05) is 0 Å². The number of para-hydroxylation sites is 1. The van der Waals surface area contributed by atoms with Crippen molar-refractivity contribution in [1.82, 2.24) is 4.98 Å². The van der Waals surface area contributed by atoms with E-state index in [2.05, 4.69) is 17.0 Å². The molecule has 0 saturated heterocycles. The molecule has 2 aromatic rings. The molecule has 0 saturated carbocycles. The minimum atomic E-state index is -0.377. The van der Waals surface area contributed by atoms with Gasteiger partial charge in [-0.15, -0.1) is 0 Å². The van der Waals surface area contributed by atoms with E-state index in [0.717, 1.165) is 25.7 Å². The zero-order chi connectivity index (χ0) is 17.8. The lowest BCUT2D eigenvalue weighted by molar-refractivity contribution is 0.449. The summed E-state index contributed by atoms with van der Waals surface area (Å²) in [7, 11) is 0. The van der Waals surface area contributed by atoms with Gasteiger partial charge < -0.3 is 5.11 Å². The fraction of sp³-hybridized carbons (Fsp3) is 0.316. The predicted molar refractivity (Wildman–Crippen MR) is 98.5 cm³/mol. The minimum Gasteiger partial charge on any atom is -0.494 e. The number of H-pyrrole nitrogens is 1. The van der Waals surface area contributed by atoms with Gasteiger partial charge in [0.2, 0.25) is 5.88 Å². The van der Waals surface area contributed by atoms with Crippen LogP contribution >= 0.6 is 0 Å². The number of aromatic amines is 1. The summed E-state index contributed by atoms with van der Waals surface area (Å²) >= 11 is 0. The summed E-state index contributed by atoms with van der Waals surface area (Å²) in [6, 6.07) is 9.25. The van der Waals surface area contributed by atoms with E-state index in [-0.39, 0.29) is 22.8 Å². The molecule has 0 amide bonds. The first-order chi connectivity index (χ1) is 12.1. The summed E-state index contributed by atoms with van der Waals surface area (Å²) in [6.07, 6.45) is 7.09. The van der Waals surface area contributed by atoms with Gasteiger partial charge in [0.25, 0.3) is 5.56 Å². The highest BCUT2D eigenvalue weighted by atomic mass is 16.3. The van der Waals surface area contributed by atoms with E-state index in [1.54, 1.807) is 0 Å². The van der Waals surface area contributed by atoms with Crippen LogP contribution in [0.5, 0.6) is 5.88 Å². The van der Waals surface area contributed by atoms with Crippen LogP contribution in [0.1, 0.15) is 44.6 Å². The van der Waals surface area contributed by atoms with Crippen LogP contribution in [-0.2, 0) is 0 Å². The Morgan fingerprint density at radius 2 is 2.00 bits per heavy atom. The van der Waals surface area contributed by atoms with Crippen LogP contribution in [0.25, 0.3) is 6.08 Å². The molecule has 3 N–H and O–H groups in total. The fourth-order valence-electron chi connectivity index (χ4n) is 2.94. The second kappa shape index (κ2) is 7.34. The maximum atomic E-state index is 12.3. The van der Waals surface area contributed by atoms with E-state index < -0.39 is 0 Å². The number of nitrogens with zero attached hydrogens (tertiary/aromatic N) is 2. The third kappa shape index (κ3) is 3.33. The Morgan fingerprint density at radius 3 is 2.72 bits per heavy atom. The van der Waals surface area contributed by atoms with Crippen LogP contribution in [-0.4, -0.2) is 15.9 Å². The molecule has 1 aromatic carbocycles. The second-order valence-electron chi connectivity index (χ2n) is 6.09. The molecule has 0 spiro atoms. The van der Waals surface area contributed by atoms with E-state index in [1.807, 2.05) is 36.4 Å². The lowest BCUT2D eigenvalue weighted by Gasteiger charge is -2.13. The second-order valence-corrected chi connectivity index (χ2v) is 6.09. The zero-order valence-corrected chi connectivity index (χ0v) is 14.2. The molecule has 0 unspecified atom stereocenters. The first-order valence-electron chi connectivity index (χ1n) is 8.61. The topological polar surface area (TPSA) is 92.5 Å². The normalized spacial score (nSPS) is 13.9. The van der Waals surface area contributed by atoms with Gasteiger partial charge in [0.15, 0.2) is 5.84 Å². The van der Waals surface area contributed by atoms with Crippen molar-refractivity contribution in [3.8, 4) is 5.88 Å². The molecular weight excluding hydrogens is 316 g/mol. The summed E-state index contributed by atoms with van der Waals surface area (Å²) in [5, 5.41) is 25.1. The Bertz CT molecular complexity index is 948. The maximum absolute atomic E-state index is 12.3. The molecule has 0 bridgehead atoms. The Balaban J connectivity index is 2.04. The Labute approximate surface area is 145 Å². The number of rotatable bonds is 6. The highest BCUT2D eigenvalue weighted by molar-refractivity contribution is 6.10. The number of fused-ring (bicyclic) bond motifs is 1. The summed E-state index contributed by atoms with van der Waals surface area (Å²) in [6.45, 7) is 2.16. The number of nitrogens with one attached hydrogen (secondary N) is 2. The number of aromatic nitrogens is 1. The highest BCUT2D eigenvalue weighted by Gasteiger charge is 2.26. The SMILES string of the molecule is CCCCCC/C=c1/c(=O)[nH]c(O)c2c1=NN(c1ccccc1)C2=N. The molecule has 1 aliphatic rings. The molecule has 6 heteroatoms. The van der Waals surface area contributed by atoms with Crippen LogP contribution in [0.3, 0.4) is 0 Å². The van der Waals surface area contributed by atoms with Crippen molar-refractivity contribution in [2.45, 2.75) is 39.0 Å². The molecule has 130 valence electrons. The number of unbranched alkanes of at least 4 members (excludes halogenated alkanes) is 4. The highest BCUT2D eigenvalue weighted by Crippen LogP contribution is 2.21. The van der Waals surface area contributed by atoms with Crippen molar-refractivity contribution in [1.29, 1.82) is 5.41 Å². The van der Waals surface area contributed by atoms with Crippen molar-refractivity contribution >= 4 is 17.6 Å². The van der Waals surface area contributed by atoms with Crippen molar-refractivity contribution in [2.24, 2.45) is 5.10 Å². The van der Waals surface area contributed by atoms with E-state index in [0.29, 0.717) is 16.3 Å². The van der Waals surface area contributed by atoms with Crippen LogP contribution in [0, 0.1) is 5.41 Å². The Morgan fingerprint density at radius 1 is 1.24 bits per heavy atom. The van der Waals surface area contributed by atoms with Crippen molar-refractivity contribution in [2.75, 3.05) is 5.01 Å². The number of hydrogen-bond donors (Lipinski definition) is 3. The van der Waals surface area contributed by atoms with Gasteiger partial charge >= 0.3 is 0 Å². The lowest BCUT2D eigenvalue weighted by Crippen LogP contribution is -2.42. The maximum Gasteiger partial charge on any atom is 0.259 e. The van der Waals surface area contributed by atoms with E-state index in [1.165, 1.54) is 11.4 Å². The van der Waals surface area contributed by atoms with Gasteiger partial charge in [-0.2, -0.15) is 5.10 Å². The van der Waals surface area contributed by atoms with E-state index in [9.17, 15) is 9.90 Å². The monoisotopic (exact) mass is 338 g/mol. The first kappa shape index (κ1) is 17.0. The van der Waals surface area contributed by atoms with Crippen molar-refractivity contribution in [3.05, 3.63) is 56.8 Å². The quantitative estimate of drug-likeness (QED) is 0.705. The van der Waals surface area contributed by atoms with Gasteiger partial charge in [-0.3, -0.25) is 15.2 Å². The molecule has 0 aliphatic carbocycles. The fourth-order valence-corrected chi connectivity index (χ4v) is 2.94. The number of benzene rings is 1. The Kier molecular flexibility index (Phi) is 4.97. The van der Waals surface area contributed by atoms with Crippen LogP contribution < -0.4 is 21.1 Å². The first-order valence-corrected chi connectivity index (χ1v) is 8.61. The number of amidine groups is 1. The van der Waals surface area contributed by atoms with Gasteiger partial charge in [0.05, 0.1) is 10.9 Å². The summed E-state index contributed by atoms with van der Waals surface area (Å²) in [4.78, 5) is 14.7. The minimum absolute atomic E-state index is 0.0515. The van der Waals surface area contributed by atoms with Crippen molar-refractivity contribution in [3.63, 3.8) is 0 Å². The molecule has 25 heavy (non-hydrogen) atoms. The van der Waals surface area contributed by atoms with Gasteiger partial charge in [0.1, 0.15) is 10.9 Å². The van der Waals surface area contributed by atoms with E-state index in [4.69, 9.17) is 5.41 Å². The van der Waals surface area contributed by atoms with Crippen LogP contribution in [0.15, 0.2) is 40.2 Å². The number of aromatic hydroxyl groups is 1. The molecule has 1 aliphatic heterocycles. The number of hydrogen-bond acceptors (Lipinski definition) is 4. The molecule has 0 fully saturated rings. The van der Waals surface area contributed by atoms with Crippen LogP contribution in [0.4, 0.5) is 5.69 Å². The summed E-state index contributed by atoms with van der Waals surface area (Å²) in [5.74, 6) is -0.258.